The molecule has 0 heterocycles. The van der Waals surface area contributed by atoms with Crippen molar-refractivity contribution in [2.45, 2.75) is 12.8 Å². The third-order valence-electron chi connectivity index (χ3n) is 1.91. The number of rotatable bonds is 2. The van der Waals surface area contributed by atoms with Crippen molar-refractivity contribution in [1.29, 1.82) is 5.26 Å². The average Bonchev–Trinajstić information content (AvgIpc) is 2.17. The molecule has 1 aromatic rings. The molecule has 0 radical (unpaired) electrons. The van der Waals surface area contributed by atoms with E-state index in [9.17, 15) is 4.39 Å². The van der Waals surface area contributed by atoms with Gasteiger partial charge in [-0.1, -0.05) is 13.0 Å². The van der Waals surface area contributed by atoms with Crippen molar-refractivity contribution >= 4 is 22.6 Å². The Morgan fingerprint density at radius 2 is 2.31 bits per heavy atom. The summed E-state index contributed by atoms with van der Waals surface area (Å²) in [5.74, 6) is -0.121. The molecule has 0 saturated heterocycles. The Balaban J connectivity index is 3.08. The van der Waals surface area contributed by atoms with E-state index in [1.54, 1.807) is 6.07 Å². The predicted octanol–water partition coefficient (Wildman–Crippen LogP) is 3.24. The van der Waals surface area contributed by atoms with E-state index in [0.717, 1.165) is 9.13 Å². The molecule has 0 amide bonds. The fourth-order valence-corrected chi connectivity index (χ4v) is 1.48. The first-order valence-corrected chi connectivity index (χ1v) is 5.02. The molecule has 1 aromatic carbocycles. The van der Waals surface area contributed by atoms with Crippen LogP contribution in [0.2, 0.25) is 0 Å². The van der Waals surface area contributed by atoms with Crippen molar-refractivity contribution in [2.75, 3.05) is 6.67 Å². The first-order valence-electron chi connectivity index (χ1n) is 3.94. The second-order valence-corrected chi connectivity index (χ2v) is 4.07. The van der Waals surface area contributed by atoms with Crippen LogP contribution in [-0.2, 0) is 0 Å². The van der Waals surface area contributed by atoms with Gasteiger partial charge in [0.15, 0.2) is 0 Å². The van der Waals surface area contributed by atoms with Crippen LogP contribution in [0.4, 0.5) is 4.39 Å². The highest BCUT2D eigenvalue weighted by Gasteiger charge is 2.07. The number of nitriles is 1. The monoisotopic (exact) mass is 289 g/mol. The Bertz CT molecular complexity index is 343. The van der Waals surface area contributed by atoms with Crippen molar-refractivity contribution in [3.05, 3.63) is 32.9 Å². The number of hydrogen-bond acceptors (Lipinski definition) is 1. The molecule has 0 aliphatic heterocycles. The third kappa shape index (κ3) is 2.41. The zero-order valence-electron chi connectivity index (χ0n) is 7.22. The van der Waals surface area contributed by atoms with Gasteiger partial charge in [-0.15, -0.1) is 0 Å². The van der Waals surface area contributed by atoms with Gasteiger partial charge in [-0.2, -0.15) is 5.26 Å². The van der Waals surface area contributed by atoms with E-state index in [0.29, 0.717) is 5.56 Å². The van der Waals surface area contributed by atoms with Gasteiger partial charge < -0.3 is 0 Å². The largest absolute Gasteiger partial charge is 0.250 e. The predicted molar refractivity (Wildman–Crippen MR) is 58.3 cm³/mol. The fraction of sp³-hybridized carbons (Fsp3) is 0.300. The van der Waals surface area contributed by atoms with Crippen LogP contribution in [0.15, 0.2) is 18.2 Å². The molecular weight excluding hydrogens is 280 g/mol. The molecule has 0 aromatic heterocycles. The normalized spacial score (nSPS) is 12.2. The SMILES string of the molecule is CC(CF)c1ccc(I)c(C#N)c1. The summed E-state index contributed by atoms with van der Waals surface area (Å²) in [5.41, 5.74) is 1.51. The van der Waals surface area contributed by atoms with E-state index >= 15 is 0 Å². The average molecular weight is 289 g/mol. The zero-order chi connectivity index (χ0) is 9.84. The van der Waals surface area contributed by atoms with Crippen LogP contribution in [0.1, 0.15) is 24.0 Å². The van der Waals surface area contributed by atoms with Gasteiger partial charge in [-0.05, 0) is 40.3 Å². The summed E-state index contributed by atoms with van der Waals surface area (Å²) in [5, 5.41) is 8.75. The molecule has 1 nitrogen and oxygen atoms in total. The second kappa shape index (κ2) is 4.56. The summed E-state index contributed by atoms with van der Waals surface area (Å²) < 4.78 is 13.2. The Kier molecular flexibility index (Phi) is 3.67. The lowest BCUT2D eigenvalue weighted by molar-refractivity contribution is 0.447. The van der Waals surface area contributed by atoms with E-state index in [1.807, 2.05) is 19.1 Å². The van der Waals surface area contributed by atoms with Crippen LogP contribution < -0.4 is 0 Å². The number of alkyl halides is 1. The van der Waals surface area contributed by atoms with E-state index < -0.39 is 0 Å². The van der Waals surface area contributed by atoms with E-state index in [4.69, 9.17) is 5.26 Å². The minimum absolute atomic E-state index is 0.121. The maximum atomic E-state index is 12.3. The van der Waals surface area contributed by atoms with Gasteiger partial charge in [0, 0.05) is 9.49 Å². The molecule has 13 heavy (non-hydrogen) atoms. The van der Waals surface area contributed by atoms with Crippen LogP contribution in [0.3, 0.4) is 0 Å². The molecule has 0 aliphatic carbocycles. The standard InChI is InChI=1S/C10H9FIN/c1-7(5-11)8-2-3-10(12)9(4-8)6-13/h2-4,7H,5H2,1H3. The molecule has 1 unspecified atom stereocenters. The number of benzene rings is 1. The van der Waals surface area contributed by atoms with Gasteiger partial charge in [0.2, 0.25) is 0 Å². The quantitative estimate of drug-likeness (QED) is 0.767. The first-order chi connectivity index (χ1) is 6.19. The molecule has 1 atom stereocenters. The van der Waals surface area contributed by atoms with Crippen LogP contribution >= 0.6 is 22.6 Å². The maximum absolute atomic E-state index is 12.3. The van der Waals surface area contributed by atoms with E-state index in [-0.39, 0.29) is 12.6 Å². The smallest absolute Gasteiger partial charge is 0.100 e. The summed E-state index contributed by atoms with van der Waals surface area (Å²) in [6.45, 7) is 1.43. The van der Waals surface area contributed by atoms with E-state index in [1.165, 1.54) is 0 Å². The summed E-state index contributed by atoms with van der Waals surface area (Å²) in [6.07, 6.45) is 0. The molecule has 0 aliphatic rings. The number of halogens is 2. The first kappa shape index (κ1) is 10.5. The van der Waals surface area contributed by atoms with Crippen molar-refractivity contribution < 1.29 is 4.39 Å². The highest BCUT2D eigenvalue weighted by molar-refractivity contribution is 14.1. The van der Waals surface area contributed by atoms with Gasteiger partial charge in [-0.3, -0.25) is 4.39 Å². The highest BCUT2D eigenvalue weighted by Crippen LogP contribution is 2.20. The number of nitrogens with zero attached hydrogens (tertiary/aromatic N) is 1. The highest BCUT2D eigenvalue weighted by atomic mass is 127. The summed E-state index contributed by atoms with van der Waals surface area (Å²) in [7, 11) is 0. The Morgan fingerprint density at radius 1 is 1.62 bits per heavy atom. The van der Waals surface area contributed by atoms with Gasteiger partial charge in [0.25, 0.3) is 0 Å². The minimum atomic E-state index is -0.383. The van der Waals surface area contributed by atoms with Crippen molar-refractivity contribution in [1.82, 2.24) is 0 Å². The van der Waals surface area contributed by atoms with Gasteiger partial charge in [0.05, 0.1) is 12.2 Å². The zero-order valence-corrected chi connectivity index (χ0v) is 9.38. The molecule has 0 fully saturated rings. The Morgan fingerprint density at radius 3 is 2.85 bits per heavy atom. The van der Waals surface area contributed by atoms with Crippen LogP contribution in [0.25, 0.3) is 0 Å². The van der Waals surface area contributed by atoms with Crippen molar-refractivity contribution in [3.63, 3.8) is 0 Å². The lowest BCUT2D eigenvalue weighted by Gasteiger charge is -2.07. The van der Waals surface area contributed by atoms with Crippen molar-refractivity contribution in [3.8, 4) is 6.07 Å². The van der Waals surface area contributed by atoms with Gasteiger partial charge in [0.1, 0.15) is 6.07 Å². The molecule has 0 bridgehead atoms. The Hall–Kier alpha value is -0.630. The third-order valence-corrected chi connectivity index (χ3v) is 2.85. The maximum Gasteiger partial charge on any atom is 0.100 e. The molecule has 0 saturated carbocycles. The van der Waals surface area contributed by atoms with Gasteiger partial charge in [-0.25, -0.2) is 0 Å². The summed E-state index contributed by atoms with van der Waals surface area (Å²) in [6, 6.07) is 7.56. The topological polar surface area (TPSA) is 23.8 Å². The van der Waals surface area contributed by atoms with Crippen LogP contribution in [-0.4, -0.2) is 6.67 Å². The fourth-order valence-electron chi connectivity index (χ4n) is 1.02. The molecule has 0 spiro atoms. The van der Waals surface area contributed by atoms with Gasteiger partial charge >= 0.3 is 0 Å². The second-order valence-electron chi connectivity index (χ2n) is 2.91. The molecule has 0 N–H and O–H groups in total. The molecule has 3 heteroatoms. The lowest BCUT2D eigenvalue weighted by atomic mass is 10.0. The van der Waals surface area contributed by atoms with Crippen LogP contribution in [0, 0.1) is 14.9 Å². The molecule has 68 valence electrons. The van der Waals surface area contributed by atoms with Crippen LogP contribution in [0.5, 0.6) is 0 Å². The van der Waals surface area contributed by atoms with Crippen molar-refractivity contribution in [2.24, 2.45) is 0 Å². The lowest BCUT2D eigenvalue weighted by Crippen LogP contribution is -1.96. The minimum Gasteiger partial charge on any atom is -0.250 e. The summed E-state index contributed by atoms with van der Waals surface area (Å²) >= 11 is 2.10. The number of hydrogen-bond donors (Lipinski definition) is 0. The molecular formula is C10H9FIN. The molecule has 1 rings (SSSR count). The summed E-state index contributed by atoms with van der Waals surface area (Å²) in [4.78, 5) is 0. The Labute approximate surface area is 90.7 Å². The van der Waals surface area contributed by atoms with E-state index in [2.05, 4.69) is 28.7 Å².